The first-order valence-electron chi connectivity index (χ1n) is 21.8. The molecule has 4 atom stereocenters. The van der Waals surface area contributed by atoms with Crippen molar-refractivity contribution in [3.05, 3.63) is 48.1 Å². The highest BCUT2D eigenvalue weighted by atomic mass is 19.2. The summed E-state index contributed by atoms with van der Waals surface area (Å²) in [5.41, 5.74) is -5.45. The Balaban J connectivity index is 1.06. The minimum Gasteiger partial charge on any atom is -0.380 e. The van der Waals surface area contributed by atoms with Crippen LogP contribution in [0.1, 0.15) is 168 Å². The number of hydrogen-bond acceptors (Lipinski definition) is 1. The van der Waals surface area contributed by atoms with Crippen molar-refractivity contribution in [3.63, 3.8) is 0 Å². The predicted octanol–water partition coefficient (Wildman–Crippen LogP) is 14.4. The second-order valence-corrected chi connectivity index (χ2v) is 18.2. The smallest absolute Gasteiger partial charge is 0.185 e. The second-order valence-electron chi connectivity index (χ2n) is 18.2. The van der Waals surface area contributed by atoms with E-state index in [2.05, 4.69) is 13.8 Å². The molecule has 0 aliphatic heterocycles. The highest BCUT2D eigenvalue weighted by Gasteiger charge is 2.60. The molecule has 6 rings (SSSR count). The maximum absolute atomic E-state index is 17.2. The largest absolute Gasteiger partial charge is 0.380 e. The van der Waals surface area contributed by atoms with Crippen molar-refractivity contribution < 1.29 is 22.3 Å². The van der Waals surface area contributed by atoms with Crippen LogP contribution in [-0.2, 0) is 4.74 Å². The third-order valence-corrected chi connectivity index (χ3v) is 15.3. The molecule has 6 aliphatic carbocycles. The van der Waals surface area contributed by atoms with Crippen LogP contribution in [-0.4, -0.2) is 24.6 Å². The van der Waals surface area contributed by atoms with Crippen LogP contribution in [0.15, 0.2) is 48.1 Å². The molecular weight excluding hydrogens is 644 g/mol. The number of hydrogen-bond donors (Lipinski definition) is 0. The van der Waals surface area contributed by atoms with Gasteiger partial charge in [-0.2, -0.15) is 0 Å². The fourth-order valence-electron chi connectivity index (χ4n) is 12.3. The van der Waals surface area contributed by atoms with Gasteiger partial charge in [0.25, 0.3) is 0 Å². The molecule has 6 aliphatic rings. The summed E-state index contributed by atoms with van der Waals surface area (Å²) in [7, 11) is 0. The standard InChI is InChI=1S/C46H70F4O/c1-3-5-13-35-15-19-39(20-16-35)43(25-9-7-10-26-43)45(49)29-23-37(31-41(45)47)33-51-34-38-24-30-46(50,42(48)32-38)44(27-11-8-12-28-44)40-21-17-36(18-22-40)14-6-4-2/h23-24,29-32,35-40H,3-22,25-28,33-34H2,1-2H3/t35?,36?,37-,38-,39?,40?,45-,46-/m1/s1. The summed E-state index contributed by atoms with van der Waals surface area (Å²) >= 11 is 0. The number of ether oxygens (including phenoxy) is 1. The van der Waals surface area contributed by atoms with E-state index >= 15 is 17.6 Å². The fourth-order valence-corrected chi connectivity index (χ4v) is 12.3. The van der Waals surface area contributed by atoms with Gasteiger partial charge in [-0.05, 0) is 99.3 Å². The average molecular weight is 715 g/mol. The Morgan fingerprint density at radius 3 is 1.27 bits per heavy atom. The van der Waals surface area contributed by atoms with Gasteiger partial charge in [-0.3, -0.25) is 0 Å². The van der Waals surface area contributed by atoms with Crippen molar-refractivity contribution in [1.82, 2.24) is 0 Å². The molecule has 0 heterocycles. The van der Waals surface area contributed by atoms with E-state index in [0.29, 0.717) is 0 Å². The lowest BCUT2D eigenvalue weighted by atomic mass is 9.53. The van der Waals surface area contributed by atoms with Gasteiger partial charge in [0.2, 0.25) is 0 Å². The first kappa shape index (κ1) is 39.3. The van der Waals surface area contributed by atoms with Crippen molar-refractivity contribution >= 4 is 0 Å². The molecule has 1 nitrogen and oxygen atoms in total. The predicted molar refractivity (Wildman–Crippen MR) is 203 cm³/mol. The second kappa shape index (κ2) is 17.4. The van der Waals surface area contributed by atoms with Crippen LogP contribution in [0.4, 0.5) is 17.6 Å². The minimum atomic E-state index is -2.06. The van der Waals surface area contributed by atoms with E-state index in [-0.39, 0.29) is 36.9 Å². The third-order valence-electron chi connectivity index (χ3n) is 15.3. The molecule has 288 valence electrons. The van der Waals surface area contributed by atoms with Crippen LogP contribution in [0.5, 0.6) is 0 Å². The van der Waals surface area contributed by atoms with Crippen molar-refractivity contribution in [3.8, 4) is 0 Å². The summed E-state index contributed by atoms with van der Waals surface area (Å²) in [6.07, 6.45) is 34.8. The lowest BCUT2D eigenvalue weighted by molar-refractivity contribution is -0.0590. The first-order chi connectivity index (χ1) is 24.7. The van der Waals surface area contributed by atoms with Gasteiger partial charge in [-0.25, -0.2) is 17.6 Å². The summed E-state index contributed by atoms with van der Waals surface area (Å²) in [6.45, 7) is 4.87. The zero-order valence-electron chi connectivity index (χ0n) is 32.2. The number of alkyl halides is 2. The summed E-state index contributed by atoms with van der Waals surface area (Å²) in [4.78, 5) is 0. The third kappa shape index (κ3) is 8.05. The number of unbranched alkanes of at least 4 members (excludes halogenated alkanes) is 2. The summed E-state index contributed by atoms with van der Waals surface area (Å²) in [5.74, 6) is -0.135. The lowest BCUT2D eigenvalue weighted by Gasteiger charge is -2.53. The molecule has 4 saturated carbocycles. The SMILES string of the molecule is CCCCC1CCC(C2([C@@]3(F)C=C[C@@H](COC[C@@H]4C=C[C@](F)(C5(C6CCC(CCCC)CC6)CCCCC5)C(F)=C4)C=C3F)CCCCC2)CC1. The van der Waals surface area contributed by atoms with Crippen molar-refractivity contribution in [2.75, 3.05) is 13.2 Å². The number of allylic oxidation sites excluding steroid dienone is 4. The Hall–Kier alpha value is -1.36. The lowest BCUT2D eigenvalue weighted by Crippen LogP contribution is -2.52. The molecule has 0 unspecified atom stereocenters. The normalized spacial score (nSPS) is 38.2. The van der Waals surface area contributed by atoms with E-state index in [1.807, 2.05) is 12.2 Å². The summed E-state index contributed by atoms with van der Waals surface area (Å²) in [6, 6.07) is 0. The Morgan fingerprint density at radius 1 is 0.569 bits per heavy atom. The van der Waals surface area contributed by atoms with Crippen LogP contribution < -0.4 is 0 Å². The molecule has 0 aromatic carbocycles. The average Bonchev–Trinajstić information content (AvgIpc) is 3.17. The molecule has 4 fully saturated rings. The van der Waals surface area contributed by atoms with Crippen molar-refractivity contribution in [2.24, 2.45) is 46.3 Å². The van der Waals surface area contributed by atoms with Crippen molar-refractivity contribution in [1.29, 1.82) is 0 Å². The van der Waals surface area contributed by atoms with Gasteiger partial charge in [-0.15, -0.1) is 0 Å². The van der Waals surface area contributed by atoms with E-state index < -0.39 is 33.8 Å². The Kier molecular flexibility index (Phi) is 13.4. The molecule has 0 spiro atoms. The maximum Gasteiger partial charge on any atom is 0.185 e. The highest BCUT2D eigenvalue weighted by molar-refractivity contribution is 5.35. The Bertz CT molecular complexity index is 1130. The molecule has 0 saturated heterocycles. The molecule has 0 aromatic heterocycles. The van der Waals surface area contributed by atoms with Gasteiger partial charge in [0.1, 0.15) is 11.7 Å². The zero-order chi connectivity index (χ0) is 36.0. The Labute approximate surface area is 308 Å². The first-order valence-corrected chi connectivity index (χ1v) is 21.8. The quantitative estimate of drug-likeness (QED) is 0.129. The molecule has 0 N–H and O–H groups in total. The van der Waals surface area contributed by atoms with Crippen LogP contribution >= 0.6 is 0 Å². The van der Waals surface area contributed by atoms with Gasteiger partial charge >= 0.3 is 0 Å². The molecule has 0 aromatic rings. The van der Waals surface area contributed by atoms with Crippen LogP contribution in [0.2, 0.25) is 0 Å². The highest BCUT2D eigenvalue weighted by Crippen LogP contribution is 2.62. The number of halogens is 4. The molecule has 0 radical (unpaired) electrons. The minimum absolute atomic E-state index is 0.196. The zero-order valence-corrected chi connectivity index (χ0v) is 32.2. The van der Waals surface area contributed by atoms with E-state index in [1.54, 1.807) is 12.2 Å². The van der Waals surface area contributed by atoms with E-state index in [0.717, 1.165) is 127 Å². The van der Waals surface area contributed by atoms with Gasteiger partial charge in [0.15, 0.2) is 11.3 Å². The van der Waals surface area contributed by atoms with Crippen LogP contribution in [0.3, 0.4) is 0 Å². The van der Waals surface area contributed by atoms with Gasteiger partial charge in [0.05, 0.1) is 13.2 Å². The monoisotopic (exact) mass is 715 g/mol. The van der Waals surface area contributed by atoms with Gasteiger partial charge in [-0.1, -0.05) is 129 Å². The Morgan fingerprint density at radius 2 is 0.941 bits per heavy atom. The van der Waals surface area contributed by atoms with Crippen LogP contribution in [0, 0.1) is 46.3 Å². The summed E-state index contributed by atoms with van der Waals surface area (Å²) in [5, 5.41) is 0. The fraction of sp³-hybridized carbons (Fsp3) is 0.826. The van der Waals surface area contributed by atoms with E-state index in [4.69, 9.17) is 4.74 Å². The molecule has 0 amide bonds. The van der Waals surface area contributed by atoms with Gasteiger partial charge < -0.3 is 4.74 Å². The number of rotatable bonds is 14. The van der Waals surface area contributed by atoms with E-state index in [9.17, 15) is 0 Å². The molecular formula is C46H70F4O. The molecule has 5 heteroatoms. The topological polar surface area (TPSA) is 9.23 Å². The van der Waals surface area contributed by atoms with Crippen molar-refractivity contribution in [2.45, 2.75) is 179 Å². The van der Waals surface area contributed by atoms with Crippen LogP contribution in [0.25, 0.3) is 0 Å². The molecule has 0 bridgehead atoms. The molecule has 51 heavy (non-hydrogen) atoms. The maximum atomic E-state index is 17.2. The van der Waals surface area contributed by atoms with Gasteiger partial charge in [0, 0.05) is 22.7 Å². The summed E-state index contributed by atoms with van der Waals surface area (Å²) < 4.78 is 72.7. The van der Waals surface area contributed by atoms with E-state index in [1.165, 1.54) is 50.7 Å².